The van der Waals surface area contributed by atoms with Gasteiger partial charge in [-0.25, -0.2) is 13.1 Å². The van der Waals surface area contributed by atoms with Gasteiger partial charge in [-0.15, -0.1) is 5.10 Å². The second-order valence-electron chi connectivity index (χ2n) is 4.46. The third-order valence-electron chi connectivity index (χ3n) is 3.22. The van der Waals surface area contributed by atoms with Crippen LogP contribution in [0.15, 0.2) is 9.63 Å². The Morgan fingerprint density at radius 2 is 2.15 bits per heavy atom. The molecule has 1 saturated heterocycles. The van der Waals surface area contributed by atoms with Gasteiger partial charge in [-0.2, -0.15) is 4.31 Å². The number of hydrogen-bond donors (Lipinski definition) is 0. The fraction of sp³-hybridized carbons (Fsp3) is 0.700. The molecule has 0 saturated carbocycles. The number of ether oxygens (including phenoxy) is 1. The van der Waals surface area contributed by atoms with E-state index < -0.39 is 22.0 Å². The molecule has 0 spiro atoms. The van der Waals surface area contributed by atoms with Crippen LogP contribution in [0.3, 0.4) is 0 Å². The first-order chi connectivity index (χ1) is 9.39. The summed E-state index contributed by atoms with van der Waals surface area (Å²) in [6.45, 7) is 0.277. The molecule has 20 heavy (non-hydrogen) atoms. The lowest BCUT2D eigenvalue weighted by atomic mass is 10.1. The highest BCUT2D eigenvalue weighted by Crippen LogP contribution is 2.28. The number of sulfonamides is 1. The summed E-state index contributed by atoms with van der Waals surface area (Å²) in [4.78, 5) is 11.8. The van der Waals surface area contributed by atoms with E-state index in [1.165, 1.54) is 23.1 Å². The van der Waals surface area contributed by atoms with Crippen molar-refractivity contribution < 1.29 is 17.9 Å². The minimum absolute atomic E-state index is 0.0618. The van der Waals surface area contributed by atoms with Crippen molar-refractivity contribution in [3.63, 3.8) is 0 Å². The van der Waals surface area contributed by atoms with Crippen molar-refractivity contribution >= 4 is 31.9 Å². The number of aromatic nitrogens is 3. The minimum atomic E-state index is -3.86. The lowest BCUT2D eigenvalue weighted by Crippen LogP contribution is -2.48. The number of carbonyl (C=O) groups excluding carboxylic acids is 1. The first kappa shape index (κ1) is 15.4. The number of aryl methyl sites for hydroxylation is 1. The fourth-order valence-electron chi connectivity index (χ4n) is 2.27. The van der Waals surface area contributed by atoms with Crippen LogP contribution in [0.1, 0.15) is 19.3 Å². The van der Waals surface area contributed by atoms with Gasteiger partial charge in [0.25, 0.3) is 10.0 Å². The van der Waals surface area contributed by atoms with Crippen LogP contribution in [-0.4, -0.2) is 53.4 Å². The zero-order valence-corrected chi connectivity index (χ0v) is 13.5. The largest absolute Gasteiger partial charge is 0.468 e. The summed E-state index contributed by atoms with van der Waals surface area (Å²) in [5.41, 5.74) is 0. The Bertz CT molecular complexity index is 595. The monoisotopic (exact) mass is 366 g/mol. The van der Waals surface area contributed by atoms with Crippen molar-refractivity contribution in [2.24, 2.45) is 7.05 Å². The summed E-state index contributed by atoms with van der Waals surface area (Å²) < 4.78 is 32.6. The predicted molar refractivity (Wildman–Crippen MR) is 72.2 cm³/mol. The fourth-order valence-corrected chi connectivity index (χ4v) is 4.96. The van der Waals surface area contributed by atoms with Crippen LogP contribution in [-0.2, 0) is 26.6 Å². The first-order valence-electron chi connectivity index (χ1n) is 6.04. The standard InChI is InChI=1S/C10H15BrN4O4S/c1-14-9(8(11)12-13-14)20(17,18)15-6-4-3-5-7(15)10(16)19-2/h7H,3-6H2,1-2H3/t7-/m1/s1. The number of methoxy groups -OCH3 is 1. The van der Waals surface area contributed by atoms with Gasteiger partial charge in [-0.05, 0) is 35.2 Å². The molecule has 0 amide bonds. The smallest absolute Gasteiger partial charge is 0.324 e. The second-order valence-corrected chi connectivity index (χ2v) is 7.02. The predicted octanol–water partition coefficient (Wildman–Crippen LogP) is 0.294. The van der Waals surface area contributed by atoms with Gasteiger partial charge >= 0.3 is 5.97 Å². The molecule has 1 fully saturated rings. The van der Waals surface area contributed by atoms with E-state index in [1.54, 1.807) is 0 Å². The van der Waals surface area contributed by atoms with E-state index in [2.05, 4.69) is 26.2 Å². The van der Waals surface area contributed by atoms with Gasteiger partial charge in [0.05, 0.1) is 7.11 Å². The van der Waals surface area contributed by atoms with Crippen LogP contribution in [0.4, 0.5) is 0 Å². The lowest BCUT2D eigenvalue weighted by Gasteiger charge is -2.32. The molecule has 1 aliphatic heterocycles. The normalized spacial score (nSPS) is 20.9. The number of piperidine rings is 1. The molecule has 0 aliphatic carbocycles. The molecule has 112 valence electrons. The van der Waals surface area contributed by atoms with Crippen molar-refractivity contribution in [3.8, 4) is 0 Å². The SMILES string of the molecule is COC(=O)[C@H]1CCCCN1S(=O)(=O)c1c(Br)nnn1C. The Morgan fingerprint density at radius 3 is 2.70 bits per heavy atom. The minimum Gasteiger partial charge on any atom is -0.468 e. The maximum absolute atomic E-state index is 12.7. The molecule has 1 aliphatic rings. The summed E-state index contributed by atoms with van der Waals surface area (Å²) in [5, 5.41) is 7.28. The molecular formula is C10H15BrN4O4S. The van der Waals surface area contributed by atoms with Gasteiger partial charge in [0.1, 0.15) is 6.04 Å². The molecule has 1 atom stereocenters. The average molecular weight is 367 g/mol. The molecule has 1 aromatic rings. The molecule has 2 rings (SSSR count). The molecular weight excluding hydrogens is 352 g/mol. The molecule has 0 N–H and O–H groups in total. The molecule has 2 heterocycles. The number of halogens is 1. The van der Waals surface area contributed by atoms with Crippen LogP contribution < -0.4 is 0 Å². The molecule has 0 radical (unpaired) electrons. The van der Waals surface area contributed by atoms with Gasteiger partial charge in [0, 0.05) is 13.6 Å². The van der Waals surface area contributed by atoms with Crippen LogP contribution >= 0.6 is 15.9 Å². The molecule has 0 bridgehead atoms. The Labute approximate surface area is 125 Å². The first-order valence-corrected chi connectivity index (χ1v) is 8.27. The van der Waals surface area contributed by atoms with E-state index in [0.29, 0.717) is 12.8 Å². The van der Waals surface area contributed by atoms with Crippen molar-refractivity contribution in [3.05, 3.63) is 4.60 Å². The number of esters is 1. The van der Waals surface area contributed by atoms with E-state index in [0.717, 1.165) is 6.42 Å². The summed E-state index contributed by atoms with van der Waals surface area (Å²) in [6, 6.07) is -0.791. The highest BCUT2D eigenvalue weighted by molar-refractivity contribution is 9.10. The highest BCUT2D eigenvalue weighted by Gasteiger charge is 2.40. The summed E-state index contributed by atoms with van der Waals surface area (Å²) >= 11 is 3.08. The van der Waals surface area contributed by atoms with Gasteiger partial charge in [-0.1, -0.05) is 5.21 Å². The quantitative estimate of drug-likeness (QED) is 0.713. The van der Waals surface area contributed by atoms with Crippen molar-refractivity contribution in [2.75, 3.05) is 13.7 Å². The van der Waals surface area contributed by atoms with E-state index in [9.17, 15) is 13.2 Å². The summed E-state index contributed by atoms with van der Waals surface area (Å²) in [6.07, 6.45) is 1.95. The van der Waals surface area contributed by atoms with Crippen LogP contribution in [0.2, 0.25) is 0 Å². The highest BCUT2D eigenvalue weighted by atomic mass is 79.9. The van der Waals surface area contributed by atoms with Gasteiger partial charge in [-0.3, -0.25) is 4.79 Å². The zero-order chi connectivity index (χ0) is 14.9. The van der Waals surface area contributed by atoms with Gasteiger partial charge in [0.15, 0.2) is 4.60 Å². The van der Waals surface area contributed by atoms with Crippen LogP contribution in [0, 0.1) is 0 Å². The Balaban J connectivity index is 2.44. The van der Waals surface area contributed by atoms with E-state index >= 15 is 0 Å². The Morgan fingerprint density at radius 1 is 1.45 bits per heavy atom. The average Bonchev–Trinajstić information content (AvgIpc) is 2.77. The van der Waals surface area contributed by atoms with Gasteiger partial charge < -0.3 is 4.74 Å². The summed E-state index contributed by atoms with van der Waals surface area (Å²) in [5.74, 6) is -0.542. The molecule has 10 heteroatoms. The van der Waals surface area contributed by atoms with Crippen molar-refractivity contribution in [2.45, 2.75) is 30.3 Å². The lowest BCUT2D eigenvalue weighted by molar-refractivity contribution is -0.146. The third kappa shape index (κ3) is 2.59. The van der Waals surface area contributed by atoms with E-state index in [4.69, 9.17) is 4.74 Å². The second kappa shape index (κ2) is 5.78. The molecule has 1 aromatic heterocycles. The van der Waals surface area contributed by atoms with E-state index in [1.807, 2.05) is 0 Å². The number of rotatable bonds is 3. The topological polar surface area (TPSA) is 94.4 Å². The van der Waals surface area contributed by atoms with Crippen molar-refractivity contribution in [1.29, 1.82) is 0 Å². The molecule has 8 nitrogen and oxygen atoms in total. The number of nitrogens with zero attached hydrogens (tertiary/aromatic N) is 4. The third-order valence-corrected chi connectivity index (χ3v) is 6.01. The number of hydrogen-bond acceptors (Lipinski definition) is 6. The Kier molecular flexibility index (Phi) is 4.45. The van der Waals surface area contributed by atoms with Gasteiger partial charge in [0.2, 0.25) is 5.03 Å². The maximum Gasteiger partial charge on any atom is 0.324 e. The number of carbonyl (C=O) groups is 1. The van der Waals surface area contributed by atoms with Crippen LogP contribution in [0.25, 0.3) is 0 Å². The Hall–Kier alpha value is -1.00. The zero-order valence-electron chi connectivity index (χ0n) is 11.1. The maximum atomic E-state index is 12.7. The van der Waals surface area contributed by atoms with Crippen LogP contribution in [0.5, 0.6) is 0 Å². The summed E-state index contributed by atoms with van der Waals surface area (Å²) in [7, 11) is -1.12. The molecule has 0 aromatic carbocycles. The van der Waals surface area contributed by atoms with E-state index in [-0.39, 0.29) is 16.2 Å². The van der Waals surface area contributed by atoms with Crippen molar-refractivity contribution in [1.82, 2.24) is 19.3 Å². The molecule has 0 unspecified atom stereocenters.